The number of hydrogen-bond acceptors (Lipinski definition) is 5. The van der Waals surface area contributed by atoms with Crippen molar-refractivity contribution in [2.24, 2.45) is 5.73 Å². The van der Waals surface area contributed by atoms with Crippen LogP contribution in [0.15, 0.2) is 45.8 Å². The SMILES string of the molecule is CCN(CC)c1ccc2cc([C@H](S)/C=C/N)c(=O)oc2c1. The van der Waals surface area contributed by atoms with Crippen molar-refractivity contribution in [1.82, 2.24) is 0 Å². The van der Waals surface area contributed by atoms with E-state index in [-0.39, 0.29) is 10.9 Å². The van der Waals surface area contributed by atoms with E-state index in [1.54, 1.807) is 6.08 Å². The quantitative estimate of drug-likeness (QED) is 0.658. The first-order valence-electron chi connectivity index (χ1n) is 6.99. The van der Waals surface area contributed by atoms with E-state index in [9.17, 15) is 4.79 Å². The summed E-state index contributed by atoms with van der Waals surface area (Å²) in [6, 6.07) is 7.71. The van der Waals surface area contributed by atoms with E-state index in [4.69, 9.17) is 10.2 Å². The van der Waals surface area contributed by atoms with Gasteiger partial charge in [0, 0.05) is 30.2 Å². The van der Waals surface area contributed by atoms with Gasteiger partial charge in [-0.2, -0.15) is 12.6 Å². The second kappa shape index (κ2) is 6.72. The number of nitrogens with zero attached hydrogens (tertiary/aromatic N) is 1. The Morgan fingerprint density at radius 3 is 2.67 bits per heavy atom. The summed E-state index contributed by atoms with van der Waals surface area (Å²) in [5.41, 5.74) is 7.09. The van der Waals surface area contributed by atoms with Crippen LogP contribution in [0.5, 0.6) is 0 Å². The van der Waals surface area contributed by atoms with Crippen LogP contribution in [-0.4, -0.2) is 13.1 Å². The first kappa shape index (κ1) is 15.5. The summed E-state index contributed by atoms with van der Waals surface area (Å²) in [4.78, 5) is 14.3. The molecule has 0 aliphatic rings. The maximum atomic E-state index is 12.1. The van der Waals surface area contributed by atoms with Gasteiger partial charge in [-0.25, -0.2) is 4.79 Å². The summed E-state index contributed by atoms with van der Waals surface area (Å²) in [5.74, 6) is 0. The predicted molar refractivity (Wildman–Crippen MR) is 91.1 cm³/mol. The molecule has 0 amide bonds. The van der Waals surface area contributed by atoms with Crippen molar-refractivity contribution in [3.8, 4) is 0 Å². The van der Waals surface area contributed by atoms with Crippen molar-refractivity contribution < 1.29 is 4.42 Å². The Hall–Kier alpha value is -1.88. The molecule has 0 spiro atoms. The highest BCUT2D eigenvalue weighted by atomic mass is 32.1. The topological polar surface area (TPSA) is 59.5 Å². The van der Waals surface area contributed by atoms with Gasteiger partial charge in [-0.3, -0.25) is 0 Å². The molecule has 0 unspecified atom stereocenters. The number of benzene rings is 1. The molecule has 0 bridgehead atoms. The lowest BCUT2D eigenvalue weighted by Crippen LogP contribution is -2.21. The molecule has 0 fully saturated rings. The zero-order valence-electron chi connectivity index (χ0n) is 12.2. The Balaban J connectivity index is 2.52. The van der Waals surface area contributed by atoms with Crippen LogP contribution in [0, 0.1) is 0 Å². The molecule has 0 saturated carbocycles. The standard InChI is InChI=1S/C16H20N2O2S/c1-3-18(4-2)12-6-5-11-9-13(15(21)7-8-17)16(19)20-14(11)10-12/h5-10,15,21H,3-4,17H2,1-2H3/b8-7+/t15-/m1/s1. The van der Waals surface area contributed by atoms with Gasteiger partial charge in [0.05, 0.1) is 10.8 Å². The minimum absolute atomic E-state index is 0.363. The molecule has 2 rings (SSSR count). The van der Waals surface area contributed by atoms with Gasteiger partial charge in [-0.05, 0) is 38.2 Å². The Morgan fingerprint density at radius 2 is 2.05 bits per heavy atom. The van der Waals surface area contributed by atoms with E-state index < -0.39 is 0 Å². The molecule has 5 heteroatoms. The van der Waals surface area contributed by atoms with Crippen LogP contribution in [0.1, 0.15) is 24.7 Å². The molecule has 21 heavy (non-hydrogen) atoms. The van der Waals surface area contributed by atoms with Gasteiger partial charge in [0.25, 0.3) is 0 Å². The van der Waals surface area contributed by atoms with E-state index in [1.165, 1.54) is 6.20 Å². The first-order chi connectivity index (χ1) is 10.1. The van der Waals surface area contributed by atoms with Gasteiger partial charge < -0.3 is 15.1 Å². The van der Waals surface area contributed by atoms with E-state index >= 15 is 0 Å². The molecule has 0 saturated heterocycles. The zero-order chi connectivity index (χ0) is 15.4. The largest absolute Gasteiger partial charge is 0.422 e. The van der Waals surface area contributed by atoms with Crippen LogP contribution >= 0.6 is 12.6 Å². The van der Waals surface area contributed by atoms with Crippen LogP contribution in [0.4, 0.5) is 5.69 Å². The minimum Gasteiger partial charge on any atom is -0.422 e. The number of nitrogens with two attached hydrogens (primary N) is 1. The zero-order valence-corrected chi connectivity index (χ0v) is 13.1. The maximum absolute atomic E-state index is 12.1. The normalized spacial score (nSPS) is 12.9. The molecule has 0 radical (unpaired) electrons. The smallest absolute Gasteiger partial charge is 0.340 e. The van der Waals surface area contributed by atoms with Gasteiger partial charge in [0.1, 0.15) is 5.58 Å². The molecule has 1 heterocycles. The second-order valence-corrected chi connectivity index (χ2v) is 5.27. The number of anilines is 1. The van der Waals surface area contributed by atoms with Crippen molar-refractivity contribution in [1.29, 1.82) is 0 Å². The molecule has 2 N–H and O–H groups in total. The molecule has 112 valence electrons. The van der Waals surface area contributed by atoms with Gasteiger partial charge >= 0.3 is 5.63 Å². The summed E-state index contributed by atoms with van der Waals surface area (Å²) in [5, 5.41) is 0.517. The summed E-state index contributed by atoms with van der Waals surface area (Å²) in [6.45, 7) is 6.00. The van der Waals surface area contributed by atoms with Crippen LogP contribution < -0.4 is 16.3 Å². The van der Waals surface area contributed by atoms with Gasteiger partial charge in [0.2, 0.25) is 0 Å². The van der Waals surface area contributed by atoms with E-state index in [0.29, 0.717) is 11.1 Å². The fourth-order valence-electron chi connectivity index (χ4n) is 2.32. The van der Waals surface area contributed by atoms with Crippen LogP contribution in [-0.2, 0) is 0 Å². The maximum Gasteiger partial charge on any atom is 0.340 e. The first-order valence-corrected chi connectivity index (χ1v) is 7.51. The van der Waals surface area contributed by atoms with Crippen molar-refractivity contribution in [2.45, 2.75) is 19.1 Å². The molecule has 1 aromatic carbocycles. The van der Waals surface area contributed by atoms with Crippen molar-refractivity contribution in [2.75, 3.05) is 18.0 Å². The minimum atomic E-state index is -0.378. The van der Waals surface area contributed by atoms with Crippen molar-refractivity contribution in [3.05, 3.63) is 52.5 Å². The molecule has 0 aliphatic carbocycles. The summed E-state index contributed by atoms with van der Waals surface area (Å²) in [7, 11) is 0. The molecule has 0 aliphatic heterocycles. The van der Waals surface area contributed by atoms with Gasteiger partial charge in [-0.1, -0.05) is 6.08 Å². The molecule has 4 nitrogen and oxygen atoms in total. The van der Waals surface area contributed by atoms with Crippen molar-refractivity contribution >= 4 is 29.3 Å². The number of rotatable bonds is 5. The van der Waals surface area contributed by atoms with E-state index in [0.717, 1.165) is 24.2 Å². The van der Waals surface area contributed by atoms with Crippen LogP contribution in [0.3, 0.4) is 0 Å². The summed E-state index contributed by atoms with van der Waals surface area (Å²) >= 11 is 4.34. The van der Waals surface area contributed by atoms with Gasteiger partial charge in [0.15, 0.2) is 0 Å². The fourth-order valence-corrected chi connectivity index (χ4v) is 2.60. The Kier molecular flexibility index (Phi) is 4.96. The van der Waals surface area contributed by atoms with E-state index in [2.05, 4.69) is 31.4 Å². The molecular formula is C16H20N2O2S. The van der Waals surface area contributed by atoms with E-state index in [1.807, 2.05) is 24.3 Å². The molecule has 1 aromatic heterocycles. The highest BCUT2D eigenvalue weighted by molar-refractivity contribution is 7.80. The average molecular weight is 304 g/mol. The summed E-state index contributed by atoms with van der Waals surface area (Å²) < 4.78 is 5.43. The van der Waals surface area contributed by atoms with Crippen LogP contribution in [0.25, 0.3) is 11.0 Å². The third kappa shape index (κ3) is 3.24. The lowest BCUT2D eigenvalue weighted by atomic mass is 10.1. The van der Waals surface area contributed by atoms with Gasteiger partial charge in [-0.15, -0.1) is 0 Å². The third-order valence-electron chi connectivity index (χ3n) is 3.49. The molecule has 2 aromatic rings. The lowest BCUT2D eigenvalue weighted by Gasteiger charge is -2.21. The molecule has 1 atom stereocenters. The predicted octanol–water partition coefficient (Wildman–Crippen LogP) is 3.08. The Labute approximate surface area is 129 Å². The lowest BCUT2D eigenvalue weighted by molar-refractivity contribution is 0.552. The third-order valence-corrected chi connectivity index (χ3v) is 3.94. The average Bonchev–Trinajstić information content (AvgIpc) is 2.48. The van der Waals surface area contributed by atoms with Crippen molar-refractivity contribution in [3.63, 3.8) is 0 Å². The second-order valence-electron chi connectivity index (χ2n) is 4.71. The number of hydrogen-bond donors (Lipinski definition) is 2. The highest BCUT2D eigenvalue weighted by Crippen LogP contribution is 2.25. The fraction of sp³-hybridized carbons (Fsp3) is 0.312. The summed E-state index contributed by atoms with van der Waals surface area (Å²) in [6.07, 6.45) is 3.02. The van der Waals surface area contributed by atoms with Crippen LogP contribution in [0.2, 0.25) is 0 Å². The molecular weight excluding hydrogens is 284 g/mol. The Morgan fingerprint density at radius 1 is 1.33 bits per heavy atom. The Bertz CT molecular complexity index is 705. The number of thiol groups is 1. The highest BCUT2D eigenvalue weighted by Gasteiger charge is 2.12. The number of fused-ring (bicyclic) bond motifs is 1. The monoisotopic (exact) mass is 304 g/mol.